The lowest BCUT2D eigenvalue weighted by atomic mass is 10.2. The van der Waals surface area contributed by atoms with Gasteiger partial charge in [0.25, 0.3) is 0 Å². The molecule has 1 N–H and O–H groups in total. The maximum atomic E-state index is 5.48. The van der Waals surface area contributed by atoms with Crippen LogP contribution in [0.25, 0.3) is 5.65 Å². The summed E-state index contributed by atoms with van der Waals surface area (Å²) in [5.74, 6) is 2.13. The van der Waals surface area contributed by atoms with Crippen molar-refractivity contribution < 1.29 is 9.47 Å². The van der Waals surface area contributed by atoms with E-state index in [2.05, 4.69) is 31.3 Å². The number of para-hydroxylation sites is 1. The summed E-state index contributed by atoms with van der Waals surface area (Å²) in [7, 11) is 0. The predicted octanol–water partition coefficient (Wildman–Crippen LogP) is 2.83. The van der Waals surface area contributed by atoms with E-state index >= 15 is 0 Å². The summed E-state index contributed by atoms with van der Waals surface area (Å²) < 4.78 is 13.5. The number of rotatable bonds is 3. The molecule has 3 aromatic rings. The van der Waals surface area contributed by atoms with Gasteiger partial charge in [0.15, 0.2) is 17.1 Å². The number of nitrogens with one attached hydrogen (secondary N) is 1. The van der Waals surface area contributed by atoms with E-state index in [0.717, 1.165) is 27.2 Å². The number of aromatic nitrogens is 3. The predicted molar refractivity (Wildman–Crippen MR) is 80.6 cm³/mol. The number of halogens is 1. The average Bonchev–Trinajstić information content (AvgIpc) is 3.12. The normalized spacial score (nSPS) is 12.8. The van der Waals surface area contributed by atoms with Crippen molar-refractivity contribution in [2.45, 2.75) is 6.54 Å². The van der Waals surface area contributed by atoms with Crippen molar-refractivity contribution in [3.05, 3.63) is 46.6 Å². The lowest BCUT2D eigenvalue weighted by Gasteiger charge is -2.05. The Labute approximate surface area is 128 Å². The Morgan fingerprint density at radius 2 is 2.19 bits per heavy atom. The lowest BCUT2D eigenvalue weighted by molar-refractivity contribution is 0.173. The zero-order valence-corrected chi connectivity index (χ0v) is 12.5. The van der Waals surface area contributed by atoms with E-state index in [4.69, 9.17) is 9.47 Å². The fourth-order valence-electron chi connectivity index (χ4n) is 2.25. The Hall–Kier alpha value is -2.28. The zero-order valence-electron chi connectivity index (χ0n) is 10.9. The van der Waals surface area contributed by atoms with Gasteiger partial charge in [-0.3, -0.25) is 0 Å². The molecule has 3 heterocycles. The van der Waals surface area contributed by atoms with Gasteiger partial charge in [0.05, 0.1) is 4.47 Å². The second kappa shape index (κ2) is 4.92. The highest BCUT2D eigenvalue weighted by Gasteiger charge is 2.17. The van der Waals surface area contributed by atoms with Crippen molar-refractivity contribution in [1.82, 2.24) is 14.6 Å². The van der Waals surface area contributed by atoms with E-state index in [1.807, 2.05) is 36.5 Å². The standard InChI is InChI=1S/C14H11BrN4O2/c15-10-4-2-6-19-13(10)17-14(18-19)16-7-9-3-1-5-11-12(9)21-8-20-11/h1-6H,7-8H2,(H,16,18). The van der Waals surface area contributed by atoms with Crippen LogP contribution in [0.5, 0.6) is 11.5 Å². The van der Waals surface area contributed by atoms with Gasteiger partial charge in [-0.05, 0) is 34.1 Å². The summed E-state index contributed by atoms with van der Waals surface area (Å²) in [6, 6.07) is 9.67. The highest BCUT2D eigenvalue weighted by atomic mass is 79.9. The molecule has 0 atom stereocenters. The number of pyridine rings is 1. The van der Waals surface area contributed by atoms with Crippen molar-refractivity contribution >= 4 is 27.5 Å². The molecule has 2 aromatic heterocycles. The van der Waals surface area contributed by atoms with Gasteiger partial charge in [-0.25, -0.2) is 4.52 Å². The first-order valence-corrected chi connectivity index (χ1v) is 7.23. The van der Waals surface area contributed by atoms with Crippen molar-refractivity contribution in [3.8, 4) is 11.5 Å². The summed E-state index contributed by atoms with van der Waals surface area (Å²) in [6.07, 6.45) is 1.86. The van der Waals surface area contributed by atoms with E-state index < -0.39 is 0 Å². The Morgan fingerprint density at radius 3 is 3.10 bits per heavy atom. The Kier molecular flexibility index (Phi) is 2.92. The van der Waals surface area contributed by atoms with Crippen LogP contribution in [0.15, 0.2) is 41.0 Å². The average molecular weight is 347 g/mol. The van der Waals surface area contributed by atoms with Crippen LogP contribution >= 0.6 is 15.9 Å². The van der Waals surface area contributed by atoms with Crippen molar-refractivity contribution in [2.75, 3.05) is 12.1 Å². The first kappa shape index (κ1) is 12.5. The van der Waals surface area contributed by atoms with Crippen molar-refractivity contribution in [3.63, 3.8) is 0 Å². The van der Waals surface area contributed by atoms with Crippen LogP contribution in [0.4, 0.5) is 5.95 Å². The van der Waals surface area contributed by atoms with Crippen LogP contribution < -0.4 is 14.8 Å². The number of nitrogens with zero attached hydrogens (tertiary/aromatic N) is 3. The summed E-state index contributed by atoms with van der Waals surface area (Å²) in [6.45, 7) is 0.840. The molecule has 0 radical (unpaired) electrons. The molecule has 0 aliphatic carbocycles. The van der Waals surface area contributed by atoms with Gasteiger partial charge < -0.3 is 14.8 Å². The van der Waals surface area contributed by atoms with Gasteiger partial charge >= 0.3 is 0 Å². The number of benzene rings is 1. The largest absolute Gasteiger partial charge is 0.454 e. The third-order valence-electron chi connectivity index (χ3n) is 3.23. The van der Waals surface area contributed by atoms with Crippen LogP contribution in [-0.4, -0.2) is 21.4 Å². The molecule has 1 aliphatic rings. The molecular formula is C14H11BrN4O2. The van der Waals surface area contributed by atoms with Gasteiger partial charge in [0, 0.05) is 18.3 Å². The van der Waals surface area contributed by atoms with E-state index in [0.29, 0.717) is 12.5 Å². The van der Waals surface area contributed by atoms with Crippen LogP contribution in [0.1, 0.15) is 5.56 Å². The zero-order chi connectivity index (χ0) is 14.2. The molecule has 0 unspecified atom stereocenters. The fourth-order valence-corrected chi connectivity index (χ4v) is 2.68. The number of ether oxygens (including phenoxy) is 2. The SMILES string of the molecule is Brc1cccn2nc(NCc3cccc4c3OCO4)nc12. The van der Waals surface area contributed by atoms with Gasteiger partial charge in [0.2, 0.25) is 12.7 Å². The van der Waals surface area contributed by atoms with E-state index in [-0.39, 0.29) is 6.79 Å². The molecular weight excluding hydrogens is 336 g/mol. The molecule has 0 saturated carbocycles. The molecule has 0 fully saturated rings. The monoisotopic (exact) mass is 346 g/mol. The Bertz CT molecular complexity index is 818. The second-order valence-corrected chi connectivity index (χ2v) is 5.42. The molecule has 1 aromatic carbocycles. The maximum absolute atomic E-state index is 5.48. The van der Waals surface area contributed by atoms with Gasteiger partial charge in [-0.15, -0.1) is 5.10 Å². The third-order valence-corrected chi connectivity index (χ3v) is 3.85. The topological polar surface area (TPSA) is 60.7 Å². The number of hydrogen-bond donors (Lipinski definition) is 1. The first-order valence-electron chi connectivity index (χ1n) is 6.43. The molecule has 21 heavy (non-hydrogen) atoms. The van der Waals surface area contributed by atoms with Crippen molar-refractivity contribution in [1.29, 1.82) is 0 Å². The van der Waals surface area contributed by atoms with E-state index in [1.165, 1.54) is 0 Å². The maximum Gasteiger partial charge on any atom is 0.243 e. The van der Waals surface area contributed by atoms with Gasteiger partial charge in [-0.1, -0.05) is 12.1 Å². The Morgan fingerprint density at radius 1 is 1.24 bits per heavy atom. The number of hydrogen-bond acceptors (Lipinski definition) is 5. The summed E-state index contributed by atoms with van der Waals surface area (Å²) >= 11 is 3.46. The minimum atomic E-state index is 0.270. The molecule has 0 bridgehead atoms. The fraction of sp³-hybridized carbons (Fsp3) is 0.143. The molecule has 0 saturated heterocycles. The van der Waals surface area contributed by atoms with E-state index in [9.17, 15) is 0 Å². The van der Waals surface area contributed by atoms with E-state index in [1.54, 1.807) is 4.52 Å². The second-order valence-electron chi connectivity index (χ2n) is 4.56. The minimum absolute atomic E-state index is 0.270. The van der Waals surface area contributed by atoms with Gasteiger partial charge in [-0.2, -0.15) is 4.98 Å². The molecule has 4 rings (SSSR count). The molecule has 0 amide bonds. The molecule has 0 spiro atoms. The highest BCUT2D eigenvalue weighted by Crippen LogP contribution is 2.35. The first-order chi connectivity index (χ1) is 10.3. The molecule has 6 nitrogen and oxygen atoms in total. The van der Waals surface area contributed by atoms with Crippen LogP contribution in [0, 0.1) is 0 Å². The quantitative estimate of drug-likeness (QED) is 0.790. The van der Waals surface area contributed by atoms with Crippen LogP contribution in [-0.2, 0) is 6.54 Å². The summed E-state index contributed by atoms with van der Waals surface area (Å²) in [5, 5.41) is 7.58. The smallest absolute Gasteiger partial charge is 0.243 e. The molecule has 7 heteroatoms. The minimum Gasteiger partial charge on any atom is -0.454 e. The van der Waals surface area contributed by atoms with Crippen LogP contribution in [0.3, 0.4) is 0 Å². The summed E-state index contributed by atoms with van der Waals surface area (Å²) in [4.78, 5) is 4.44. The summed E-state index contributed by atoms with van der Waals surface area (Å²) in [5.41, 5.74) is 1.79. The lowest BCUT2D eigenvalue weighted by Crippen LogP contribution is -2.02. The van der Waals surface area contributed by atoms with Gasteiger partial charge in [0.1, 0.15) is 0 Å². The molecule has 106 valence electrons. The van der Waals surface area contributed by atoms with Crippen molar-refractivity contribution in [2.24, 2.45) is 0 Å². The highest BCUT2D eigenvalue weighted by molar-refractivity contribution is 9.10. The number of fused-ring (bicyclic) bond motifs is 2. The molecule has 1 aliphatic heterocycles. The number of anilines is 1. The third kappa shape index (κ3) is 2.19. The Balaban J connectivity index is 1.59. The van der Waals surface area contributed by atoms with Crippen LogP contribution in [0.2, 0.25) is 0 Å².